The Labute approximate surface area is 99.2 Å². The van der Waals surface area contributed by atoms with Crippen molar-refractivity contribution in [3.63, 3.8) is 0 Å². The highest BCUT2D eigenvalue weighted by atomic mass is 127. The second-order valence-corrected chi connectivity index (χ2v) is 5.40. The van der Waals surface area contributed by atoms with Crippen LogP contribution >= 0.6 is 38.5 Å². The van der Waals surface area contributed by atoms with E-state index in [-0.39, 0.29) is 5.78 Å². The predicted octanol–water partition coefficient (Wildman–Crippen LogP) is 3.70. The molecule has 1 aliphatic carbocycles. The summed E-state index contributed by atoms with van der Waals surface area (Å²) in [4.78, 5) is 12.0. The van der Waals surface area contributed by atoms with Crippen molar-refractivity contribution in [2.75, 3.05) is 0 Å². The molecule has 0 saturated carbocycles. The number of halogens is 2. The topological polar surface area (TPSA) is 17.1 Å². The zero-order chi connectivity index (χ0) is 9.42. The number of Topliss-reactive ketones (excluding diaryl/α,β-unsaturated/α-hetero) is 1. The molecule has 0 spiro atoms. The first-order valence-electron chi connectivity index (χ1n) is 4.16. The molecule has 0 radical (unpaired) electrons. The third-order valence-corrected chi connectivity index (χ3v) is 4.14. The average Bonchev–Trinajstić information content (AvgIpc) is 2.12. The van der Waals surface area contributed by atoms with Crippen molar-refractivity contribution in [3.8, 4) is 0 Å². The summed E-state index contributed by atoms with van der Waals surface area (Å²) in [5.74, 6) is 0.288. The largest absolute Gasteiger partial charge is 0.294 e. The first kappa shape index (κ1) is 9.65. The van der Waals surface area contributed by atoms with Crippen molar-refractivity contribution in [3.05, 3.63) is 32.9 Å². The van der Waals surface area contributed by atoms with E-state index < -0.39 is 0 Å². The van der Waals surface area contributed by atoms with Crippen molar-refractivity contribution in [2.45, 2.75) is 17.7 Å². The summed E-state index contributed by atoms with van der Waals surface area (Å²) in [6.07, 6.45) is 1.59. The van der Waals surface area contributed by atoms with Gasteiger partial charge in [0.05, 0.1) is 0 Å². The summed E-state index contributed by atoms with van der Waals surface area (Å²) in [7, 11) is 0. The number of carbonyl (C=O) groups excluding carboxylic acids is 1. The molecule has 1 unspecified atom stereocenters. The molecule has 0 amide bonds. The molecule has 68 valence electrons. The van der Waals surface area contributed by atoms with Gasteiger partial charge in [-0.3, -0.25) is 4.79 Å². The van der Waals surface area contributed by atoms with Crippen LogP contribution in [-0.4, -0.2) is 5.78 Å². The second kappa shape index (κ2) is 3.69. The van der Waals surface area contributed by atoms with Gasteiger partial charge in [0.1, 0.15) is 0 Å². The second-order valence-electron chi connectivity index (χ2n) is 3.13. The van der Waals surface area contributed by atoms with Gasteiger partial charge in [0.15, 0.2) is 5.78 Å². The van der Waals surface area contributed by atoms with Crippen LogP contribution in [0.25, 0.3) is 0 Å². The molecule has 0 heterocycles. The van der Waals surface area contributed by atoms with E-state index in [0.717, 1.165) is 21.1 Å². The Kier molecular flexibility index (Phi) is 2.74. The number of hydrogen-bond acceptors (Lipinski definition) is 1. The van der Waals surface area contributed by atoms with Crippen LogP contribution in [0.15, 0.2) is 18.2 Å². The lowest BCUT2D eigenvalue weighted by molar-refractivity contribution is 0.0971. The van der Waals surface area contributed by atoms with Crippen molar-refractivity contribution in [1.82, 2.24) is 0 Å². The van der Waals surface area contributed by atoms with Crippen LogP contribution in [0.2, 0.25) is 0 Å². The molecule has 13 heavy (non-hydrogen) atoms. The molecule has 1 aromatic carbocycles. The highest BCUT2D eigenvalue weighted by molar-refractivity contribution is 14.1. The lowest BCUT2D eigenvalue weighted by atomic mass is 9.91. The minimum atomic E-state index is 0.288. The van der Waals surface area contributed by atoms with Crippen molar-refractivity contribution >= 4 is 44.3 Å². The zero-order valence-electron chi connectivity index (χ0n) is 6.89. The van der Waals surface area contributed by atoms with Gasteiger partial charge in [-0.05, 0) is 40.6 Å². The number of alkyl halides is 1. The fraction of sp³-hybridized carbons (Fsp3) is 0.300. The van der Waals surface area contributed by atoms with Gasteiger partial charge in [0.25, 0.3) is 0 Å². The van der Waals surface area contributed by atoms with Gasteiger partial charge in [0.2, 0.25) is 0 Å². The fourth-order valence-corrected chi connectivity index (χ4v) is 3.06. The van der Waals surface area contributed by atoms with Gasteiger partial charge in [0, 0.05) is 20.4 Å². The third kappa shape index (κ3) is 1.68. The smallest absolute Gasteiger partial charge is 0.164 e. The van der Waals surface area contributed by atoms with E-state index in [9.17, 15) is 4.79 Å². The Morgan fingerprint density at radius 2 is 2.23 bits per heavy atom. The number of ketones is 1. The Balaban J connectivity index is 2.63. The van der Waals surface area contributed by atoms with Crippen LogP contribution in [0, 0.1) is 3.57 Å². The molecule has 1 atom stereocenters. The standard InChI is InChI=1S/C10H8BrIO/c11-7-4-5-9(13)10-6(7)2-1-3-8(10)12/h1-3,7H,4-5H2. The van der Waals surface area contributed by atoms with Crippen LogP contribution < -0.4 is 0 Å². The lowest BCUT2D eigenvalue weighted by Crippen LogP contribution is -2.13. The summed E-state index contributed by atoms with van der Waals surface area (Å²) in [6.45, 7) is 0. The van der Waals surface area contributed by atoms with Crippen molar-refractivity contribution in [2.24, 2.45) is 0 Å². The Hall–Kier alpha value is 0.100. The minimum absolute atomic E-state index is 0.288. The van der Waals surface area contributed by atoms with Gasteiger partial charge in [-0.1, -0.05) is 28.1 Å². The first-order chi connectivity index (χ1) is 6.20. The summed E-state index contributed by atoms with van der Waals surface area (Å²) in [6, 6.07) is 6.03. The molecular formula is C10H8BrIO. The van der Waals surface area contributed by atoms with Crippen molar-refractivity contribution in [1.29, 1.82) is 0 Å². The lowest BCUT2D eigenvalue weighted by Gasteiger charge is -2.20. The van der Waals surface area contributed by atoms with E-state index in [0.29, 0.717) is 11.2 Å². The van der Waals surface area contributed by atoms with E-state index in [1.165, 1.54) is 0 Å². The SMILES string of the molecule is O=C1CCC(Br)c2cccc(I)c21. The highest BCUT2D eigenvalue weighted by Crippen LogP contribution is 2.37. The highest BCUT2D eigenvalue weighted by Gasteiger charge is 2.25. The summed E-state index contributed by atoms with van der Waals surface area (Å²) in [5, 5.41) is 0. The molecule has 2 rings (SSSR count). The maximum absolute atomic E-state index is 11.6. The van der Waals surface area contributed by atoms with E-state index in [2.05, 4.69) is 38.5 Å². The van der Waals surface area contributed by atoms with Crippen LogP contribution in [0.5, 0.6) is 0 Å². The minimum Gasteiger partial charge on any atom is -0.294 e. The van der Waals surface area contributed by atoms with Crippen LogP contribution in [0.3, 0.4) is 0 Å². The molecule has 1 nitrogen and oxygen atoms in total. The van der Waals surface area contributed by atoms with Gasteiger partial charge in [-0.2, -0.15) is 0 Å². The molecule has 0 bridgehead atoms. The number of benzene rings is 1. The fourth-order valence-electron chi connectivity index (χ4n) is 1.63. The van der Waals surface area contributed by atoms with Crippen LogP contribution in [0.4, 0.5) is 0 Å². The Bertz CT molecular complexity index is 362. The molecule has 0 aromatic heterocycles. The molecular weight excluding hydrogens is 343 g/mol. The maximum Gasteiger partial charge on any atom is 0.164 e. The van der Waals surface area contributed by atoms with E-state index in [1.807, 2.05) is 18.2 Å². The number of hydrogen-bond donors (Lipinski definition) is 0. The van der Waals surface area contributed by atoms with E-state index >= 15 is 0 Å². The molecule has 0 aliphatic heterocycles. The molecule has 0 fully saturated rings. The average molecular weight is 351 g/mol. The number of fused-ring (bicyclic) bond motifs is 1. The molecule has 1 aromatic rings. The monoisotopic (exact) mass is 350 g/mol. The normalized spacial score (nSPS) is 21.4. The molecule has 3 heteroatoms. The maximum atomic E-state index is 11.6. The van der Waals surface area contributed by atoms with Crippen LogP contribution in [0.1, 0.15) is 33.6 Å². The van der Waals surface area contributed by atoms with E-state index in [4.69, 9.17) is 0 Å². The number of rotatable bonds is 0. The summed E-state index contributed by atoms with van der Waals surface area (Å²) in [5.41, 5.74) is 2.08. The van der Waals surface area contributed by atoms with E-state index in [1.54, 1.807) is 0 Å². The molecule has 0 saturated heterocycles. The summed E-state index contributed by atoms with van der Waals surface area (Å²) >= 11 is 5.82. The van der Waals surface area contributed by atoms with Gasteiger partial charge < -0.3 is 0 Å². The Morgan fingerprint density at radius 3 is 2.92 bits per heavy atom. The van der Waals surface area contributed by atoms with Crippen LogP contribution in [-0.2, 0) is 0 Å². The predicted molar refractivity (Wildman–Crippen MR) is 64.4 cm³/mol. The zero-order valence-corrected chi connectivity index (χ0v) is 10.6. The molecule has 1 aliphatic rings. The third-order valence-electron chi connectivity index (χ3n) is 2.29. The Morgan fingerprint density at radius 1 is 1.46 bits per heavy atom. The quantitative estimate of drug-likeness (QED) is 0.515. The summed E-state index contributed by atoms with van der Waals surface area (Å²) < 4.78 is 1.07. The van der Waals surface area contributed by atoms with Crippen molar-refractivity contribution < 1.29 is 4.79 Å². The first-order valence-corrected chi connectivity index (χ1v) is 6.15. The van der Waals surface area contributed by atoms with Gasteiger partial charge in [-0.25, -0.2) is 0 Å². The molecule has 0 N–H and O–H groups in total. The number of carbonyl (C=O) groups is 1. The van der Waals surface area contributed by atoms with Gasteiger partial charge in [-0.15, -0.1) is 0 Å². The van der Waals surface area contributed by atoms with Gasteiger partial charge >= 0.3 is 0 Å².